The third-order valence-corrected chi connectivity index (χ3v) is 2.73. The van der Waals surface area contributed by atoms with E-state index in [4.69, 9.17) is 5.73 Å². The van der Waals surface area contributed by atoms with Crippen molar-refractivity contribution in [2.24, 2.45) is 5.73 Å². The molecule has 72 valence electrons. The Morgan fingerprint density at radius 2 is 2.23 bits per heavy atom. The average molecular weight is 200 g/mol. The number of nitrogens with one attached hydrogen (secondary N) is 1. The molecule has 0 radical (unpaired) electrons. The van der Waals surface area contributed by atoms with Gasteiger partial charge < -0.3 is 10.7 Å². The first-order chi connectivity index (χ1) is 6.06. The topological polar surface area (TPSA) is 76.0 Å². The van der Waals surface area contributed by atoms with Crippen LogP contribution in [0.25, 0.3) is 0 Å². The quantitative estimate of drug-likeness (QED) is 0.698. The van der Waals surface area contributed by atoms with Gasteiger partial charge >= 0.3 is 0 Å². The van der Waals surface area contributed by atoms with Crippen molar-refractivity contribution in [1.82, 2.24) is 4.98 Å². The smallest absolute Gasteiger partial charge is 0.253 e. The minimum atomic E-state index is -1.16. The van der Waals surface area contributed by atoms with Crippen molar-refractivity contribution >= 4 is 10.8 Å². The second kappa shape index (κ2) is 3.85. The van der Waals surface area contributed by atoms with Gasteiger partial charge in [0.25, 0.3) is 5.56 Å². The maximum atomic E-state index is 11.3. The van der Waals surface area contributed by atoms with Gasteiger partial charge in [-0.3, -0.25) is 9.00 Å². The minimum Gasteiger partial charge on any atom is -0.326 e. The summed E-state index contributed by atoms with van der Waals surface area (Å²) >= 11 is 0. The highest BCUT2D eigenvalue weighted by Gasteiger charge is 2.09. The molecule has 0 aromatic carbocycles. The third-order valence-electron chi connectivity index (χ3n) is 1.74. The molecule has 1 rings (SSSR count). The van der Waals surface area contributed by atoms with Crippen molar-refractivity contribution in [3.8, 4) is 0 Å². The molecule has 1 unspecified atom stereocenters. The fourth-order valence-corrected chi connectivity index (χ4v) is 2.00. The maximum Gasteiger partial charge on any atom is 0.253 e. The molecule has 1 aromatic rings. The van der Waals surface area contributed by atoms with E-state index in [1.54, 1.807) is 13.0 Å². The molecule has 4 nitrogen and oxygen atoms in total. The van der Waals surface area contributed by atoms with Crippen LogP contribution in [0.3, 0.4) is 0 Å². The lowest BCUT2D eigenvalue weighted by Crippen LogP contribution is -2.20. The van der Waals surface area contributed by atoms with Crippen LogP contribution in [0.2, 0.25) is 0 Å². The van der Waals surface area contributed by atoms with Gasteiger partial charge in [-0.1, -0.05) is 0 Å². The first-order valence-electron chi connectivity index (χ1n) is 3.82. The number of hydrogen-bond donors (Lipinski definition) is 2. The fourth-order valence-electron chi connectivity index (χ4n) is 1.14. The molecule has 13 heavy (non-hydrogen) atoms. The zero-order valence-electron chi connectivity index (χ0n) is 7.59. The summed E-state index contributed by atoms with van der Waals surface area (Å²) in [7, 11) is -1.16. The van der Waals surface area contributed by atoms with E-state index in [0.29, 0.717) is 16.2 Å². The van der Waals surface area contributed by atoms with Crippen molar-refractivity contribution in [2.75, 3.05) is 6.26 Å². The molecule has 0 saturated carbocycles. The predicted molar refractivity (Wildman–Crippen MR) is 52.0 cm³/mol. The normalized spacial score (nSPS) is 12.8. The van der Waals surface area contributed by atoms with E-state index < -0.39 is 10.8 Å². The van der Waals surface area contributed by atoms with Crippen LogP contribution in [0.1, 0.15) is 11.3 Å². The zero-order valence-corrected chi connectivity index (χ0v) is 8.40. The summed E-state index contributed by atoms with van der Waals surface area (Å²) in [5.74, 6) is 0. The van der Waals surface area contributed by atoms with Gasteiger partial charge in [-0.25, -0.2) is 0 Å². The third kappa shape index (κ3) is 2.05. The molecule has 3 N–H and O–H groups in total. The number of H-pyrrole nitrogens is 1. The lowest BCUT2D eigenvalue weighted by molar-refractivity contribution is 0.685. The summed E-state index contributed by atoms with van der Waals surface area (Å²) in [6.07, 6.45) is 1.54. The van der Waals surface area contributed by atoms with E-state index in [-0.39, 0.29) is 12.1 Å². The van der Waals surface area contributed by atoms with E-state index in [1.807, 2.05) is 0 Å². The number of aryl methyl sites for hydroxylation is 1. The standard InChI is InChI=1S/C8H12N2O2S/c1-5-3-7(13(2)12)6(4-9)8(11)10-5/h3H,4,9H2,1-2H3,(H,10,11). The molecule has 0 saturated heterocycles. The van der Waals surface area contributed by atoms with Crippen LogP contribution in [0, 0.1) is 6.92 Å². The number of hydrogen-bond acceptors (Lipinski definition) is 3. The first-order valence-corrected chi connectivity index (χ1v) is 5.38. The van der Waals surface area contributed by atoms with Gasteiger partial charge in [0.1, 0.15) is 0 Å². The molecule has 1 heterocycles. The van der Waals surface area contributed by atoms with Crippen LogP contribution in [-0.2, 0) is 17.3 Å². The Bertz CT molecular complexity index is 398. The van der Waals surface area contributed by atoms with Gasteiger partial charge in [0.2, 0.25) is 0 Å². The second-order valence-corrected chi connectivity index (χ2v) is 4.13. The summed E-state index contributed by atoms with van der Waals surface area (Å²) < 4.78 is 11.2. The van der Waals surface area contributed by atoms with Gasteiger partial charge in [0, 0.05) is 24.1 Å². The second-order valence-electron chi connectivity index (χ2n) is 2.78. The average Bonchev–Trinajstić information content (AvgIpc) is 2.02. The Hall–Kier alpha value is -0.940. The molecule has 1 atom stereocenters. The first kappa shape index (κ1) is 10.1. The Morgan fingerprint density at radius 1 is 1.62 bits per heavy atom. The van der Waals surface area contributed by atoms with Crippen molar-refractivity contribution < 1.29 is 4.21 Å². The van der Waals surface area contributed by atoms with Crippen molar-refractivity contribution in [3.05, 3.63) is 27.7 Å². The van der Waals surface area contributed by atoms with Gasteiger partial charge in [0.15, 0.2) is 0 Å². The van der Waals surface area contributed by atoms with Gasteiger partial charge in [-0.2, -0.15) is 0 Å². The zero-order chi connectivity index (χ0) is 10.0. The maximum absolute atomic E-state index is 11.3. The predicted octanol–water partition coefficient (Wildman–Crippen LogP) is -0.121. The van der Waals surface area contributed by atoms with Crippen LogP contribution in [0.15, 0.2) is 15.8 Å². The Kier molecular flexibility index (Phi) is 3.00. The van der Waals surface area contributed by atoms with Crippen LogP contribution in [0.4, 0.5) is 0 Å². The van der Waals surface area contributed by atoms with E-state index in [9.17, 15) is 9.00 Å². The SMILES string of the molecule is Cc1cc(S(C)=O)c(CN)c(=O)[nH]1. The van der Waals surface area contributed by atoms with E-state index in [2.05, 4.69) is 4.98 Å². The lowest BCUT2D eigenvalue weighted by Gasteiger charge is -2.04. The summed E-state index contributed by atoms with van der Waals surface area (Å²) in [6.45, 7) is 1.86. The van der Waals surface area contributed by atoms with E-state index in [1.165, 1.54) is 6.26 Å². The number of pyridine rings is 1. The number of aromatic amines is 1. The highest BCUT2D eigenvalue weighted by molar-refractivity contribution is 7.84. The summed E-state index contributed by atoms with van der Waals surface area (Å²) in [6, 6.07) is 1.69. The molecule has 0 amide bonds. The van der Waals surface area contributed by atoms with Gasteiger partial charge in [-0.15, -0.1) is 0 Å². The molecule has 0 aliphatic rings. The molecule has 0 bridgehead atoms. The number of rotatable bonds is 2. The molecule has 0 fully saturated rings. The Balaban J connectivity index is 3.47. The summed E-state index contributed by atoms with van der Waals surface area (Å²) in [5, 5.41) is 0. The highest BCUT2D eigenvalue weighted by Crippen LogP contribution is 2.08. The van der Waals surface area contributed by atoms with Crippen LogP contribution < -0.4 is 11.3 Å². The van der Waals surface area contributed by atoms with Gasteiger partial charge in [0.05, 0.1) is 15.7 Å². The minimum absolute atomic E-state index is 0.116. The van der Waals surface area contributed by atoms with Crippen LogP contribution in [-0.4, -0.2) is 15.4 Å². The monoisotopic (exact) mass is 200 g/mol. The lowest BCUT2D eigenvalue weighted by atomic mass is 10.2. The van der Waals surface area contributed by atoms with Crippen molar-refractivity contribution in [2.45, 2.75) is 18.4 Å². The molecular formula is C8H12N2O2S. The Labute approximate surface area is 78.6 Å². The van der Waals surface area contributed by atoms with Crippen LogP contribution >= 0.6 is 0 Å². The number of aromatic nitrogens is 1. The highest BCUT2D eigenvalue weighted by atomic mass is 32.2. The van der Waals surface area contributed by atoms with Crippen molar-refractivity contribution in [1.29, 1.82) is 0 Å². The summed E-state index contributed by atoms with van der Waals surface area (Å²) in [4.78, 5) is 14.5. The van der Waals surface area contributed by atoms with Crippen molar-refractivity contribution in [3.63, 3.8) is 0 Å². The largest absolute Gasteiger partial charge is 0.326 e. The molecule has 0 aliphatic carbocycles. The summed E-state index contributed by atoms with van der Waals surface area (Å²) in [5.41, 5.74) is 6.25. The van der Waals surface area contributed by atoms with E-state index in [0.717, 1.165) is 0 Å². The van der Waals surface area contributed by atoms with E-state index >= 15 is 0 Å². The van der Waals surface area contributed by atoms with Gasteiger partial charge in [-0.05, 0) is 13.0 Å². The molecule has 0 aliphatic heterocycles. The molecule has 0 spiro atoms. The fraction of sp³-hybridized carbons (Fsp3) is 0.375. The molecule has 5 heteroatoms. The molecular weight excluding hydrogens is 188 g/mol. The van der Waals surface area contributed by atoms with Crippen LogP contribution in [0.5, 0.6) is 0 Å². The molecule has 1 aromatic heterocycles. The number of nitrogens with two attached hydrogens (primary N) is 1. The Morgan fingerprint density at radius 3 is 2.69 bits per heavy atom.